The third-order valence-electron chi connectivity index (χ3n) is 7.17. The molecule has 2 fully saturated rings. The number of aromatic amines is 1. The molecule has 0 saturated carbocycles. The van der Waals surface area contributed by atoms with Gasteiger partial charge in [-0.3, -0.25) is 4.79 Å². The van der Waals surface area contributed by atoms with Gasteiger partial charge in [-0.2, -0.15) is 0 Å². The van der Waals surface area contributed by atoms with E-state index in [1.807, 2.05) is 11.0 Å². The average Bonchev–Trinajstić information content (AvgIpc) is 3.32. The summed E-state index contributed by atoms with van der Waals surface area (Å²) >= 11 is 0. The van der Waals surface area contributed by atoms with Gasteiger partial charge in [-0.25, -0.2) is 12.7 Å². The van der Waals surface area contributed by atoms with E-state index in [1.165, 1.54) is 29.4 Å². The minimum Gasteiger partial charge on any atom is -0.378 e. The summed E-state index contributed by atoms with van der Waals surface area (Å²) in [6.45, 7) is 3.78. The van der Waals surface area contributed by atoms with Gasteiger partial charge in [-0.1, -0.05) is 18.2 Å². The maximum absolute atomic E-state index is 13.8. The Bertz CT molecular complexity index is 1320. The molecule has 3 aromatic rings. The maximum Gasteiger partial charge on any atom is 0.256 e. The number of ether oxygens (including phenoxy) is 1. The van der Waals surface area contributed by atoms with Crippen molar-refractivity contribution in [1.82, 2.24) is 14.2 Å². The zero-order valence-corrected chi connectivity index (χ0v) is 21.1. The Morgan fingerprint density at radius 3 is 2.46 bits per heavy atom. The fraction of sp³-hybridized carbons (Fsp3) is 0.423. The first-order valence-electron chi connectivity index (χ1n) is 12.1. The van der Waals surface area contributed by atoms with Crippen molar-refractivity contribution in [1.29, 1.82) is 0 Å². The Morgan fingerprint density at radius 2 is 1.74 bits per heavy atom. The molecular weight excluding hydrogens is 464 g/mol. The molecular formula is C26H32N4O4S. The number of carbonyl (C=O) groups is 1. The topological polar surface area (TPSA) is 86.0 Å². The van der Waals surface area contributed by atoms with Gasteiger partial charge >= 0.3 is 0 Å². The van der Waals surface area contributed by atoms with Crippen LogP contribution in [0.2, 0.25) is 0 Å². The number of amides is 1. The number of carbonyl (C=O) groups excluding carboxylic acids is 1. The molecule has 0 atom stereocenters. The van der Waals surface area contributed by atoms with Crippen molar-refractivity contribution in [2.24, 2.45) is 0 Å². The minimum absolute atomic E-state index is 0.111. The molecule has 8 nitrogen and oxygen atoms in total. The van der Waals surface area contributed by atoms with Crippen LogP contribution in [0.25, 0.3) is 10.9 Å². The Hall–Kier alpha value is -2.88. The van der Waals surface area contributed by atoms with Crippen molar-refractivity contribution >= 4 is 32.5 Å². The first-order chi connectivity index (χ1) is 16.9. The predicted molar refractivity (Wildman–Crippen MR) is 137 cm³/mol. The quantitative estimate of drug-likeness (QED) is 0.586. The number of nitrogens with one attached hydrogen (secondary N) is 1. The fourth-order valence-electron chi connectivity index (χ4n) is 5.13. The van der Waals surface area contributed by atoms with Crippen LogP contribution in [0, 0.1) is 0 Å². The lowest BCUT2D eigenvalue weighted by Crippen LogP contribution is -2.41. The summed E-state index contributed by atoms with van der Waals surface area (Å²) < 4.78 is 32.3. The number of H-pyrrole nitrogens is 1. The summed E-state index contributed by atoms with van der Waals surface area (Å²) in [4.78, 5) is 21.3. The second-order valence-corrected chi connectivity index (χ2v) is 11.6. The van der Waals surface area contributed by atoms with Crippen LogP contribution < -0.4 is 4.90 Å². The van der Waals surface area contributed by atoms with Gasteiger partial charge in [-0.05, 0) is 48.6 Å². The third-order valence-corrected chi connectivity index (χ3v) is 8.98. The number of rotatable bonds is 5. The lowest BCUT2D eigenvalue weighted by Gasteiger charge is -2.35. The molecule has 2 aliphatic heterocycles. The molecule has 5 rings (SSSR count). The first-order valence-corrected chi connectivity index (χ1v) is 13.5. The lowest BCUT2D eigenvalue weighted by atomic mass is 9.89. The van der Waals surface area contributed by atoms with Gasteiger partial charge in [-0.15, -0.1) is 0 Å². The van der Waals surface area contributed by atoms with Crippen molar-refractivity contribution in [3.8, 4) is 0 Å². The van der Waals surface area contributed by atoms with Gasteiger partial charge in [0.25, 0.3) is 5.91 Å². The average molecular weight is 497 g/mol. The second kappa shape index (κ2) is 9.64. The van der Waals surface area contributed by atoms with E-state index in [4.69, 9.17) is 4.74 Å². The zero-order valence-electron chi connectivity index (χ0n) is 20.2. The number of piperidine rings is 1. The van der Waals surface area contributed by atoms with Crippen molar-refractivity contribution in [2.75, 3.05) is 58.4 Å². The van der Waals surface area contributed by atoms with Gasteiger partial charge in [0.1, 0.15) is 0 Å². The van der Waals surface area contributed by atoms with E-state index in [1.54, 1.807) is 18.2 Å². The lowest BCUT2D eigenvalue weighted by molar-refractivity contribution is 0.0712. The molecule has 35 heavy (non-hydrogen) atoms. The number of morpholine rings is 1. The molecule has 186 valence electrons. The van der Waals surface area contributed by atoms with Crippen LogP contribution in [0.5, 0.6) is 0 Å². The van der Waals surface area contributed by atoms with Gasteiger partial charge < -0.3 is 19.5 Å². The number of nitrogens with zero attached hydrogens (tertiary/aromatic N) is 3. The first kappa shape index (κ1) is 23.8. The number of aromatic nitrogens is 1. The normalized spacial score (nSPS) is 17.9. The minimum atomic E-state index is -3.65. The number of benzene rings is 2. The van der Waals surface area contributed by atoms with Crippen LogP contribution in [0.15, 0.2) is 53.6 Å². The van der Waals surface area contributed by atoms with E-state index in [0.717, 1.165) is 24.0 Å². The van der Waals surface area contributed by atoms with Crippen molar-refractivity contribution < 1.29 is 17.9 Å². The molecule has 2 aromatic carbocycles. The van der Waals surface area contributed by atoms with E-state index < -0.39 is 10.0 Å². The number of anilines is 1. The molecule has 0 radical (unpaired) electrons. The predicted octanol–water partition coefficient (Wildman–Crippen LogP) is 3.27. The van der Waals surface area contributed by atoms with Crippen LogP contribution in [0.3, 0.4) is 0 Å². The summed E-state index contributed by atoms with van der Waals surface area (Å²) in [7, 11) is -0.650. The van der Waals surface area contributed by atoms with E-state index in [-0.39, 0.29) is 10.8 Å². The third kappa shape index (κ3) is 4.55. The Morgan fingerprint density at radius 1 is 1.03 bits per heavy atom. The number of hydrogen-bond donors (Lipinski definition) is 1. The summed E-state index contributed by atoms with van der Waals surface area (Å²) in [5.41, 5.74) is 3.66. The highest BCUT2D eigenvalue weighted by Crippen LogP contribution is 2.34. The van der Waals surface area contributed by atoms with E-state index in [2.05, 4.69) is 34.3 Å². The molecule has 0 aliphatic carbocycles. The Kier molecular flexibility index (Phi) is 6.57. The molecule has 2 saturated heterocycles. The number of likely N-dealkylation sites (tertiary alicyclic amines) is 1. The Balaban J connectivity index is 1.40. The van der Waals surface area contributed by atoms with Gasteiger partial charge in [0.15, 0.2) is 0 Å². The summed E-state index contributed by atoms with van der Waals surface area (Å²) in [5, 5.41) is 1.24. The molecule has 1 amide bonds. The summed E-state index contributed by atoms with van der Waals surface area (Å²) in [6.07, 6.45) is 3.84. The van der Waals surface area contributed by atoms with Gasteiger partial charge in [0.05, 0.1) is 23.7 Å². The fourth-order valence-corrected chi connectivity index (χ4v) is 6.06. The van der Waals surface area contributed by atoms with Crippen LogP contribution in [0.1, 0.15) is 34.7 Å². The maximum atomic E-state index is 13.8. The highest BCUT2D eigenvalue weighted by atomic mass is 32.2. The van der Waals surface area contributed by atoms with Crippen molar-refractivity contribution in [2.45, 2.75) is 23.7 Å². The van der Waals surface area contributed by atoms with Crippen LogP contribution >= 0.6 is 0 Å². The molecule has 1 aromatic heterocycles. The number of para-hydroxylation sites is 1. The highest BCUT2D eigenvalue weighted by Gasteiger charge is 2.30. The standard InChI is InChI=1S/C26H32N4O4S/c1-28(2)35(32,33)20-7-8-25(29-13-15-34-16-14-29)22(17-20)26(31)30-11-9-19(10-12-30)23-18-27-24-6-4-3-5-21(23)24/h3-8,17-19,27H,9-16H2,1-2H3. The number of fused-ring (bicyclic) bond motifs is 1. The van der Waals surface area contributed by atoms with E-state index in [0.29, 0.717) is 50.9 Å². The van der Waals surface area contributed by atoms with Crippen molar-refractivity contribution in [3.63, 3.8) is 0 Å². The van der Waals surface area contributed by atoms with Gasteiger partial charge in [0, 0.05) is 63.1 Å². The van der Waals surface area contributed by atoms with E-state index >= 15 is 0 Å². The molecule has 1 N–H and O–H groups in total. The zero-order chi connectivity index (χ0) is 24.6. The summed E-state index contributed by atoms with van der Waals surface area (Å²) in [5.74, 6) is 0.272. The number of hydrogen-bond acceptors (Lipinski definition) is 5. The monoisotopic (exact) mass is 496 g/mol. The highest BCUT2D eigenvalue weighted by molar-refractivity contribution is 7.89. The van der Waals surface area contributed by atoms with Crippen molar-refractivity contribution in [3.05, 3.63) is 59.8 Å². The van der Waals surface area contributed by atoms with E-state index in [9.17, 15) is 13.2 Å². The van der Waals surface area contributed by atoms with Gasteiger partial charge in [0.2, 0.25) is 10.0 Å². The smallest absolute Gasteiger partial charge is 0.256 e. The summed E-state index contributed by atoms with van der Waals surface area (Å²) in [6, 6.07) is 13.2. The molecule has 0 bridgehead atoms. The largest absolute Gasteiger partial charge is 0.378 e. The molecule has 9 heteroatoms. The molecule has 2 aliphatic rings. The van der Waals surface area contributed by atoms with Crippen LogP contribution in [0.4, 0.5) is 5.69 Å². The Labute approximate surface area is 206 Å². The molecule has 0 spiro atoms. The molecule has 0 unspecified atom stereocenters. The van der Waals surface area contributed by atoms with Crippen LogP contribution in [-0.4, -0.2) is 82.0 Å². The SMILES string of the molecule is CN(C)S(=O)(=O)c1ccc(N2CCOCC2)c(C(=O)N2CCC(c3c[nH]c4ccccc34)CC2)c1. The second-order valence-electron chi connectivity index (χ2n) is 9.42. The molecule has 3 heterocycles. The van der Waals surface area contributed by atoms with Crippen LogP contribution in [-0.2, 0) is 14.8 Å². The number of sulfonamides is 1.